The van der Waals surface area contributed by atoms with Crippen molar-refractivity contribution >= 4 is 23.6 Å². The lowest BCUT2D eigenvalue weighted by molar-refractivity contribution is -0.144. The van der Waals surface area contributed by atoms with E-state index in [4.69, 9.17) is 5.11 Å². The minimum atomic E-state index is -0.941. The van der Waals surface area contributed by atoms with Crippen molar-refractivity contribution in [1.82, 2.24) is 10.2 Å². The molecular weight excluding hydrogens is 540 g/mol. The molecule has 0 aromatic rings. The highest BCUT2D eigenvalue weighted by Gasteiger charge is 2.45. The lowest BCUT2D eigenvalue weighted by Crippen LogP contribution is -2.47. The van der Waals surface area contributed by atoms with Crippen molar-refractivity contribution in [2.45, 2.75) is 163 Å². The Labute approximate surface area is 267 Å². The zero-order valence-electron chi connectivity index (χ0n) is 29.8. The van der Waals surface area contributed by atoms with Gasteiger partial charge in [0.1, 0.15) is 5.78 Å². The third kappa shape index (κ3) is 17.6. The Morgan fingerprint density at radius 3 is 1.35 bits per heavy atom. The van der Waals surface area contributed by atoms with E-state index in [0.717, 1.165) is 12.1 Å². The van der Waals surface area contributed by atoms with Crippen LogP contribution in [0.5, 0.6) is 0 Å². The highest BCUT2D eigenvalue weighted by atomic mass is 16.4. The molecule has 1 fully saturated rings. The van der Waals surface area contributed by atoms with Crippen molar-refractivity contribution < 1.29 is 24.3 Å². The number of hydrogen-bond donors (Lipinski definition) is 2. The molecule has 0 saturated carbocycles. The molecule has 1 aliphatic heterocycles. The molecule has 256 valence electrons. The lowest BCUT2D eigenvalue weighted by Gasteiger charge is -2.34. The van der Waals surface area contributed by atoms with Crippen LogP contribution in [-0.4, -0.2) is 44.7 Å². The van der Waals surface area contributed by atoms with Crippen LogP contribution < -0.4 is 5.32 Å². The largest absolute Gasteiger partial charge is 0.481 e. The summed E-state index contributed by atoms with van der Waals surface area (Å²) in [6.07, 6.45) is 0.672. The van der Waals surface area contributed by atoms with Gasteiger partial charge >= 0.3 is 5.97 Å². The molecule has 0 bridgehead atoms. The number of nitrogens with one attached hydrogen (secondary N) is 1. The molecule has 0 aromatic carbocycles. The maximum Gasteiger partial charge on any atom is 0.304 e. The maximum absolute atomic E-state index is 12.3. The number of ketones is 1. The van der Waals surface area contributed by atoms with Crippen LogP contribution in [0.2, 0.25) is 0 Å². The second-order valence-electron chi connectivity index (χ2n) is 17.6. The number of likely N-dealkylation sites (tertiary alicyclic amines) is 1. The third-order valence-corrected chi connectivity index (χ3v) is 6.59. The summed E-state index contributed by atoms with van der Waals surface area (Å²) in [4.78, 5) is 48.3. The summed E-state index contributed by atoms with van der Waals surface area (Å²) in [5, 5.41) is 11.6. The molecule has 7 heteroatoms. The van der Waals surface area contributed by atoms with Gasteiger partial charge in [-0.15, -0.1) is 0 Å². The first kappa shape index (κ1) is 47.7. The summed E-state index contributed by atoms with van der Waals surface area (Å²) >= 11 is 0. The van der Waals surface area contributed by atoms with Crippen LogP contribution in [0.4, 0.5) is 0 Å². The highest BCUT2D eigenvalue weighted by molar-refractivity contribution is 5.88. The number of rotatable bonds is 3. The fraction of sp³-hybridized carbons (Fsp3) is 0.833. The molecule has 0 aromatic heterocycles. The molecule has 0 aliphatic carbocycles. The van der Waals surface area contributed by atoms with Crippen molar-refractivity contribution in [2.75, 3.05) is 0 Å². The number of carboxylic acid groups (broad SMARTS) is 1. The van der Waals surface area contributed by atoms with E-state index in [2.05, 4.69) is 53.4 Å². The minimum absolute atomic E-state index is 0. The number of carbonyl (C=O) groups is 4. The van der Waals surface area contributed by atoms with Gasteiger partial charge in [-0.05, 0) is 58.8 Å². The maximum atomic E-state index is 12.3. The van der Waals surface area contributed by atoms with Gasteiger partial charge in [0.05, 0.1) is 12.3 Å². The normalized spacial score (nSPS) is 16.8. The molecule has 1 saturated heterocycles. The Bertz CT molecular complexity index is 921. The first-order chi connectivity index (χ1) is 17.6. The molecule has 2 atom stereocenters. The molecule has 2 N–H and O–H groups in total. The number of allylic oxidation sites excluding steroid dienone is 1. The van der Waals surface area contributed by atoms with Crippen molar-refractivity contribution in [1.29, 1.82) is 0 Å². The number of nitrogens with zero attached hydrogens (tertiary/aromatic N) is 1. The number of carboxylic acids is 1. The number of amides is 2. The smallest absolute Gasteiger partial charge is 0.304 e. The number of aliphatic carboxylic acids is 1. The van der Waals surface area contributed by atoms with Gasteiger partial charge in [-0.25, -0.2) is 0 Å². The summed E-state index contributed by atoms with van der Waals surface area (Å²) in [5.74, 6) is -1.00. The number of hydrogen-bond acceptors (Lipinski definition) is 4. The van der Waals surface area contributed by atoms with Crippen LogP contribution in [0.25, 0.3) is 0 Å². The van der Waals surface area contributed by atoms with Gasteiger partial charge in [0, 0.05) is 33.5 Å². The zero-order valence-corrected chi connectivity index (χ0v) is 29.8. The van der Waals surface area contributed by atoms with E-state index in [1.165, 1.54) is 0 Å². The van der Waals surface area contributed by atoms with E-state index in [-0.39, 0.29) is 71.7 Å². The SMILES string of the molecule is C.C.C=C1CC(C(C)(C)C)C(=O)N1C(C)(C)C.CC(C)(C)C(=O)C(C)(C)C.CC(C)(C)NC(=O)C(CC(=O)O)C(C)(C)C. The summed E-state index contributed by atoms with van der Waals surface area (Å²) in [5.41, 5.74) is -0.232. The predicted molar refractivity (Wildman–Crippen MR) is 184 cm³/mol. The number of Topliss-reactive ketones (excluding diaryl/α,β-unsaturated/α-hetero) is 1. The van der Waals surface area contributed by atoms with Gasteiger partial charge in [-0.1, -0.05) is 105 Å². The lowest BCUT2D eigenvalue weighted by atomic mass is 9.76. The molecular formula is C36H72N2O5. The molecule has 43 heavy (non-hydrogen) atoms. The van der Waals surface area contributed by atoms with Gasteiger partial charge in [-0.2, -0.15) is 0 Å². The first-order valence-corrected chi connectivity index (χ1v) is 14.7. The van der Waals surface area contributed by atoms with E-state index in [1.807, 2.05) is 88.0 Å². The summed E-state index contributed by atoms with van der Waals surface area (Å²) in [6, 6.07) is 0. The van der Waals surface area contributed by atoms with Crippen molar-refractivity contribution in [3.63, 3.8) is 0 Å². The van der Waals surface area contributed by atoms with Gasteiger partial charge < -0.3 is 15.3 Å². The molecule has 0 radical (unpaired) electrons. The molecule has 2 unspecified atom stereocenters. The average molecular weight is 613 g/mol. The van der Waals surface area contributed by atoms with E-state index in [1.54, 1.807) is 0 Å². The van der Waals surface area contributed by atoms with E-state index < -0.39 is 11.9 Å². The fourth-order valence-corrected chi connectivity index (χ4v) is 4.76. The predicted octanol–water partition coefficient (Wildman–Crippen LogP) is 9.15. The Morgan fingerprint density at radius 1 is 0.814 bits per heavy atom. The van der Waals surface area contributed by atoms with Crippen LogP contribution >= 0.6 is 0 Å². The van der Waals surface area contributed by atoms with Crippen molar-refractivity contribution in [3.05, 3.63) is 12.3 Å². The van der Waals surface area contributed by atoms with Crippen LogP contribution in [0.15, 0.2) is 12.3 Å². The fourth-order valence-electron chi connectivity index (χ4n) is 4.76. The van der Waals surface area contributed by atoms with Crippen molar-refractivity contribution in [3.8, 4) is 0 Å². The summed E-state index contributed by atoms with van der Waals surface area (Å²) < 4.78 is 0. The molecule has 1 heterocycles. The van der Waals surface area contributed by atoms with Crippen LogP contribution in [0.3, 0.4) is 0 Å². The van der Waals surface area contributed by atoms with Gasteiger partial charge in [-0.3, -0.25) is 19.2 Å². The summed E-state index contributed by atoms with van der Waals surface area (Å²) in [7, 11) is 0. The molecule has 0 spiro atoms. The first-order valence-electron chi connectivity index (χ1n) is 14.7. The Hall–Kier alpha value is -2.18. The highest BCUT2D eigenvalue weighted by Crippen LogP contribution is 2.42. The van der Waals surface area contributed by atoms with Gasteiger partial charge in [0.25, 0.3) is 0 Å². The standard InChI is InChI=1S/C13H23NO.C12H23NO3.C9H18O.2CH4/c1-9-8-10(12(2,3)4)11(15)14(9)13(5,6)7;1-11(2,3)8(7-9(14)15)10(16)13-12(4,5)6;1-8(2,3)7(10)9(4,5)6;;/h10H,1,8H2,2-7H3;8H,7H2,1-6H3,(H,13,16)(H,14,15);1-6H3;2*1H4. The minimum Gasteiger partial charge on any atom is -0.481 e. The average Bonchev–Trinajstić information content (AvgIpc) is 2.97. The topological polar surface area (TPSA) is 104 Å². The summed E-state index contributed by atoms with van der Waals surface area (Å²) in [6.45, 7) is 39.6. The Morgan fingerprint density at radius 2 is 1.19 bits per heavy atom. The number of carbonyl (C=O) groups excluding carboxylic acids is 3. The molecule has 1 aliphatic rings. The van der Waals surface area contributed by atoms with Crippen LogP contribution in [0.1, 0.15) is 152 Å². The quantitative estimate of drug-likeness (QED) is 0.331. The Balaban J connectivity index is -0.000000266. The van der Waals surface area contributed by atoms with Crippen LogP contribution in [-0.2, 0) is 19.2 Å². The second-order valence-corrected chi connectivity index (χ2v) is 17.6. The van der Waals surface area contributed by atoms with Crippen LogP contribution in [0, 0.1) is 33.5 Å². The van der Waals surface area contributed by atoms with E-state index >= 15 is 0 Å². The second kappa shape index (κ2) is 16.2. The van der Waals surface area contributed by atoms with Crippen molar-refractivity contribution in [2.24, 2.45) is 33.5 Å². The van der Waals surface area contributed by atoms with E-state index in [9.17, 15) is 19.2 Å². The third-order valence-electron chi connectivity index (χ3n) is 6.59. The monoisotopic (exact) mass is 613 g/mol. The van der Waals surface area contributed by atoms with Gasteiger partial charge in [0.15, 0.2) is 0 Å². The Kier molecular flexibility index (Phi) is 18.0. The zero-order chi connectivity index (χ0) is 33.7. The van der Waals surface area contributed by atoms with E-state index in [0.29, 0.717) is 5.78 Å². The molecule has 1 rings (SSSR count). The van der Waals surface area contributed by atoms with Gasteiger partial charge in [0.2, 0.25) is 11.8 Å². The molecule has 2 amide bonds. The molecule has 7 nitrogen and oxygen atoms in total.